The summed E-state index contributed by atoms with van der Waals surface area (Å²) in [5.74, 6) is -0.545. The van der Waals surface area contributed by atoms with E-state index in [4.69, 9.17) is 14.3 Å². The lowest BCUT2D eigenvalue weighted by atomic mass is 9.95. The molecule has 0 saturated carbocycles. The fraction of sp³-hybridized carbons (Fsp3) is 0.647. The number of esters is 1. The first kappa shape index (κ1) is 22.4. The fourth-order valence-electron chi connectivity index (χ4n) is 1.93. The average molecular weight is 388 g/mol. The summed E-state index contributed by atoms with van der Waals surface area (Å²) in [7, 11) is 3.04. The Morgan fingerprint density at radius 1 is 1.35 bits per heavy atom. The van der Waals surface area contributed by atoms with Crippen LogP contribution in [0.1, 0.15) is 32.1 Å². The van der Waals surface area contributed by atoms with E-state index in [9.17, 15) is 9.59 Å². The van der Waals surface area contributed by atoms with Crippen LogP contribution in [0.15, 0.2) is 17.5 Å². The molecule has 1 unspecified atom stereocenters. The Balaban J connectivity index is 2.32. The molecule has 0 bridgehead atoms. The molecule has 148 valence electrons. The van der Waals surface area contributed by atoms with Gasteiger partial charge in [-0.15, -0.1) is 11.3 Å². The van der Waals surface area contributed by atoms with Gasteiger partial charge in [0.25, 0.3) is 0 Å². The highest BCUT2D eigenvalue weighted by atomic mass is 32.1. The number of aryl methyl sites for hydroxylation is 1. The van der Waals surface area contributed by atoms with E-state index >= 15 is 0 Å². The number of thiophene rings is 1. The van der Waals surface area contributed by atoms with Crippen LogP contribution in [0.5, 0.6) is 0 Å². The van der Waals surface area contributed by atoms with E-state index in [1.54, 1.807) is 32.2 Å². The first-order valence-electron chi connectivity index (χ1n) is 8.31. The van der Waals surface area contributed by atoms with Gasteiger partial charge in [0.05, 0.1) is 19.1 Å². The van der Waals surface area contributed by atoms with E-state index in [-0.39, 0.29) is 6.61 Å². The summed E-state index contributed by atoms with van der Waals surface area (Å²) >= 11 is 1.69. The number of hydrogen-bond acceptors (Lipinski definition) is 8. The molecular weight excluding hydrogens is 360 g/mol. The smallest absolute Gasteiger partial charge is 0.412 e. The van der Waals surface area contributed by atoms with Crippen LogP contribution in [0, 0.1) is 5.41 Å². The number of rotatable bonds is 11. The lowest BCUT2D eigenvalue weighted by molar-refractivity contribution is -0.196. The Labute approximate surface area is 158 Å². The predicted molar refractivity (Wildman–Crippen MR) is 97.2 cm³/mol. The first-order chi connectivity index (χ1) is 12.3. The summed E-state index contributed by atoms with van der Waals surface area (Å²) < 4.78 is 10.3. The van der Waals surface area contributed by atoms with Gasteiger partial charge in [-0.2, -0.15) is 0 Å². The number of nitrogens with zero attached hydrogens (tertiary/aromatic N) is 1. The normalized spacial score (nSPS) is 12.5. The summed E-state index contributed by atoms with van der Waals surface area (Å²) in [5, 5.41) is 2.03. The standard InChI is InChI=1S/C17H28N2O6S/c1-13(24-15(20)17(2,3)12-23-18-22-5)25-16(21)19(4)10-6-8-14-9-7-11-26-14/h7,9,11,13,18H,6,8,10,12H2,1-5H3. The molecule has 0 aliphatic rings. The van der Waals surface area contributed by atoms with Crippen molar-refractivity contribution in [2.45, 2.75) is 39.9 Å². The molecule has 0 spiro atoms. The molecule has 1 aromatic rings. The second-order valence-electron chi connectivity index (χ2n) is 6.42. The van der Waals surface area contributed by atoms with Gasteiger partial charge in [-0.05, 0) is 38.1 Å². The van der Waals surface area contributed by atoms with Gasteiger partial charge in [-0.25, -0.2) is 4.79 Å². The van der Waals surface area contributed by atoms with Crippen LogP contribution < -0.4 is 5.64 Å². The molecule has 0 saturated heterocycles. The van der Waals surface area contributed by atoms with Crippen LogP contribution in [0.2, 0.25) is 0 Å². The van der Waals surface area contributed by atoms with Crippen molar-refractivity contribution in [1.29, 1.82) is 0 Å². The van der Waals surface area contributed by atoms with Gasteiger partial charge in [0, 0.05) is 25.4 Å². The zero-order chi connectivity index (χ0) is 19.6. The van der Waals surface area contributed by atoms with Gasteiger partial charge in [0.1, 0.15) is 0 Å². The van der Waals surface area contributed by atoms with Crippen molar-refractivity contribution >= 4 is 23.4 Å². The minimum Gasteiger partial charge on any atom is -0.425 e. The van der Waals surface area contributed by atoms with Gasteiger partial charge in [-0.3, -0.25) is 14.5 Å². The quantitative estimate of drug-likeness (QED) is 0.270. The molecule has 8 nitrogen and oxygen atoms in total. The third kappa shape index (κ3) is 8.13. The highest BCUT2D eigenvalue weighted by Crippen LogP contribution is 2.19. The highest BCUT2D eigenvalue weighted by Gasteiger charge is 2.32. The maximum absolute atomic E-state index is 12.1. The number of carbonyl (C=O) groups excluding carboxylic acids is 2. The van der Waals surface area contributed by atoms with Gasteiger partial charge in [0.2, 0.25) is 6.29 Å². The van der Waals surface area contributed by atoms with Crippen LogP contribution in [-0.4, -0.2) is 50.6 Å². The van der Waals surface area contributed by atoms with E-state index in [1.165, 1.54) is 23.8 Å². The summed E-state index contributed by atoms with van der Waals surface area (Å²) in [4.78, 5) is 36.4. The minimum atomic E-state index is -0.996. The number of nitrogens with one attached hydrogen (secondary N) is 1. The van der Waals surface area contributed by atoms with Crippen molar-refractivity contribution < 1.29 is 28.7 Å². The molecule has 0 aromatic carbocycles. The summed E-state index contributed by atoms with van der Waals surface area (Å²) in [6, 6.07) is 4.07. The number of carbonyl (C=O) groups is 2. The predicted octanol–water partition coefficient (Wildman–Crippen LogP) is 2.75. The van der Waals surface area contributed by atoms with Crippen LogP contribution in [0.25, 0.3) is 0 Å². The van der Waals surface area contributed by atoms with Crippen LogP contribution in [0.3, 0.4) is 0 Å². The second-order valence-corrected chi connectivity index (χ2v) is 7.45. The monoisotopic (exact) mass is 388 g/mol. The molecule has 1 heterocycles. The molecule has 0 radical (unpaired) electrons. The largest absolute Gasteiger partial charge is 0.425 e. The fourth-order valence-corrected chi connectivity index (χ4v) is 2.68. The Hall–Kier alpha value is -1.68. The molecule has 0 aliphatic carbocycles. The van der Waals surface area contributed by atoms with E-state index in [1.807, 2.05) is 11.4 Å². The average Bonchev–Trinajstić information content (AvgIpc) is 3.08. The Morgan fingerprint density at radius 2 is 2.08 bits per heavy atom. The Kier molecular flexibility index (Phi) is 9.57. The molecule has 1 atom stereocenters. The van der Waals surface area contributed by atoms with E-state index < -0.39 is 23.8 Å². The molecule has 26 heavy (non-hydrogen) atoms. The van der Waals surface area contributed by atoms with Crippen LogP contribution in [-0.2, 0) is 30.4 Å². The zero-order valence-corrected chi connectivity index (χ0v) is 16.8. The molecule has 1 aromatic heterocycles. The zero-order valence-electron chi connectivity index (χ0n) is 15.9. The van der Waals surface area contributed by atoms with Crippen molar-refractivity contribution in [1.82, 2.24) is 10.5 Å². The SMILES string of the molecule is CONOCC(C)(C)C(=O)OC(C)OC(=O)N(C)CCCc1cccs1. The van der Waals surface area contributed by atoms with Crippen molar-refractivity contribution in [2.75, 3.05) is 27.3 Å². The van der Waals surface area contributed by atoms with Crippen molar-refractivity contribution in [3.05, 3.63) is 22.4 Å². The summed E-state index contributed by atoms with van der Waals surface area (Å²) in [6.45, 7) is 5.39. The van der Waals surface area contributed by atoms with Crippen molar-refractivity contribution in [3.8, 4) is 0 Å². The van der Waals surface area contributed by atoms with Crippen LogP contribution >= 0.6 is 11.3 Å². The van der Waals surface area contributed by atoms with Gasteiger partial charge in [-0.1, -0.05) is 11.7 Å². The van der Waals surface area contributed by atoms with E-state index in [0.717, 1.165) is 12.8 Å². The molecule has 1 N–H and O–H groups in total. The number of hydrogen-bond donors (Lipinski definition) is 1. The number of ether oxygens (including phenoxy) is 2. The lowest BCUT2D eigenvalue weighted by Crippen LogP contribution is -2.38. The van der Waals surface area contributed by atoms with Gasteiger partial charge < -0.3 is 14.4 Å². The first-order valence-corrected chi connectivity index (χ1v) is 9.19. The maximum atomic E-state index is 12.1. The van der Waals surface area contributed by atoms with Gasteiger partial charge >= 0.3 is 12.1 Å². The Bertz CT molecular complexity index is 549. The summed E-state index contributed by atoms with van der Waals surface area (Å²) in [5.41, 5.74) is 1.26. The highest BCUT2D eigenvalue weighted by molar-refractivity contribution is 7.09. The number of amides is 1. The summed E-state index contributed by atoms with van der Waals surface area (Å²) in [6.07, 6.45) is 0.205. The van der Waals surface area contributed by atoms with Crippen molar-refractivity contribution in [2.24, 2.45) is 5.41 Å². The van der Waals surface area contributed by atoms with E-state index in [2.05, 4.69) is 16.5 Å². The third-order valence-corrected chi connectivity index (χ3v) is 4.41. The molecular formula is C17H28N2O6S. The molecule has 9 heteroatoms. The van der Waals surface area contributed by atoms with Crippen molar-refractivity contribution in [3.63, 3.8) is 0 Å². The molecule has 0 fully saturated rings. The molecule has 0 aliphatic heterocycles. The molecule has 1 rings (SSSR count). The van der Waals surface area contributed by atoms with Crippen LogP contribution in [0.4, 0.5) is 4.79 Å². The minimum absolute atomic E-state index is 0.0307. The molecule has 1 amide bonds. The maximum Gasteiger partial charge on any atom is 0.412 e. The van der Waals surface area contributed by atoms with E-state index in [0.29, 0.717) is 6.54 Å². The topological polar surface area (TPSA) is 86.3 Å². The Morgan fingerprint density at radius 3 is 2.69 bits per heavy atom. The lowest BCUT2D eigenvalue weighted by Gasteiger charge is -2.25. The third-order valence-electron chi connectivity index (χ3n) is 3.48. The second kappa shape index (κ2) is 11.1. The van der Waals surface area contributed by atoms with Gasteiger partial charge in [0.15, 0.2) is 0 Å².